The molecule has 7 nitrogen and oxygen atoms in total. The van der Waals surface area contributed by atoms with Gasteiger partial charge >= 0.3 is 0 Å². The molecule has 0 atom stereocenters. The van der Waals surface area contributed by atoms with Crippen molar-refractivity contribution in [3.05, 3.63) is 94.8 Å². The number of aromatic nitrogens is 2. The summed E-state index contributed by atoms with van der Waals surface area (Å²) < 4.78 is 16.1. The Morgan fingerprint density at radius 1 is 0.914 bits per heavy atom. The number of carbonyl (C=O) groups is 1. The Kier molecular flexibility index (Phi) is 8.00. The van der Waals surface area contributed by atoms with Gasteiger partial charge < -0.3 is 18.9 Å². The molecule has 0 aliphatic heterocycles. The summed E-state index contributed by atoms with van der Waals surface area (Å²) in [6, 6.07) is 22.5. The molecule has 0 spiro atoms. The van der Waals surface area contributed by atoms with Gasteiger partial charge in [0, 0.05) is 25.1 Å². The second-order valence-electron chi connectivity index (χ2n) is 7.84. The summed E-state index contributed by atoms with van der Waals surface area (Å²) in [4.78, 5) is 19.6. The van der Waals surface area contributed by atoms with Gasteiger partial charge in [-0.05, 0) is 42.3 Å². The fourth-order valence-corrected chi connectivity index (χ4v) is 3.92. The predicted octanol–water partition coefficient (Wildman–Crippen LogP) is 5.33. The molecular formula is C27H26ClN3O4. The molecule has 0 unspecified atom stereocenters. The average molecular weight is 492 g/mol. The number of halogens is 1. The summed E-state index contributed by atoms with van der Waals surface area (Å²) in [7, 11) is 3.15. The van der Waals surface area contributed by atoms with Crippen molar-refractivity contribution in [1.82, 2.24) is 15.0 Å². The second kappa shape index (κ2) is 11.5. The van der Waals surface area contributed by atoms with E-state index in [-0.39, 0.29) is 5.91 Å². The molecular weight excluding hydrogens is 466 g/mol. The standard InChI is InChI=1S/C27H26ClN3O4/c1-33-23-13-12-20(18-24(23)34-2)26-29-25(35-30-26)15-17-31(16-14-19-8-4-3-5-9-19)27(32)21-10-6-7-11-22(21)28/h3-13,18H,14-17H2,1-2H3. The molecule has 0 N–H and O–H groups in total. The maximum atomic E-state index is 13.3. The van der Waals surface area contributed by atoms with Crippen molar-refractivity contribution in [2.24, 2.45) is 0 Å². The summed E-state index contributed by atoms with van der Waals surface area (Å²) in [5.74, 6) is 1.94. The predicted molar refractivity (Wildman–Crippen MR) is 134 cm³/mol. The van der Waals surface area contributed by atoms with E-state index < -0.39 is 0 Å². The Hall–Kier alpha value is -3.84. The number of rotatable bonds is 10. The van der Waals surface area contributed by atoms with Crippen LogP contribution in [0.25, 0.3) is 11.4 Å². The van der Waals surface area contributed by atoms with Crippen LogP contribution in [0.4, 0.5) is 0 Å². The highest BCUT2D eigenvalue weighted by Crippen LogP contribution is 2.31. The third kappa shape index (κ3) is 6.00. The van der Waals surface area contributed by atoms with Crippen LogP contribution in [0.5, 0.6) is 11.5 Å². The average Bonchev–Trinajstić information content (AvgIpc) is 3.38. The lowest BCUT2D eigenvalue weighted by Gasteiger charge is -2.23. The van der Waals surface area contributed by atoms with E-state index in [1.807, 2.05) is 48.5 Å². The van der Waals surface area contributed by atoms with Gasteiger partial charge in [-0.3, -0.25) is 4.79 Å². The normalized spacial score (nSPS) is 10.7. The van der Waals surface area contributed by atoms with Gasteiger partial charge in [0.15, 0.2) is 11.5 Å². The Bertz CT molecular complexity index is 1280. The molecule has 4 aromatic rings. The topological polar surface area (TPSA) is 77.7 Å². The first-order chi connectivity index (χ1) is 17.1. The van der Waals surface area contributed by atoms with Crippen molar-refractivity contribution < 1.29 is 18.8 Å². The first kappa shape index (κ1) is 24.3. The molecule has 0 fully saturated rings. The smallest absolute Gasteiger partial charge is 0.255 e. The van der Waals surface area contributed by atoms with Gasteiger partial charge in [0.05, 0.1) is 24.8 Å². The molecule has 1 heterocycles. The fourth-order valence-electron chi connectivity index (χ4n) is 3.71. The Balaban J connectivity index is 1.49. The molecule has 3 aromatic carbocycles. The minimum absolute atomic E-state index is 0.133. The number of carbonyl (C=O) groups excluding carboxylic acids is 1. The van der Waals surface area contributed by atoms with Crippen LogP contribution < -0.4 is 9.47 Å². The number of nitrogens with zero attached hydrogens (tertiary/aromatic N) is 3. The monoisotopic (exact) mass is 491 g/mol. The van der Waals surface area contributed by atoms with Crippen molar-refractivity contribution in [3.8, 4) is 22.9 Å². The number of hydrogen-bond donors (Lipinski definition) is 0. The maximum absolute atomic E-state index is 13.3. The Morgan fingerprint density at radius 2 is 1.63 bits per heavy atom. The highest BCUT2D eigenvalue weighted by Gasteiger charge is 2.20. The highest BCUT2D eigenvalue weighted by atomic mass is 35.5. The van der Waals surface area contributed by atoms with Crippen LogP contribution in [-0.4, -0.2) is 48.3 Å². The zero-order chi connectivity index (χ0) is 24.6. The summed E-state index contributed by atoms with van der Waals surface area (Å²) in [6.07, 6.45) is 1.13. The van der Waals surface area contributed by atoms with E-state index in [0.717, 1.165) is 17.5 Å². The molecule has 180 valence electrons. The molecule has 4 rings (SSSR count). The van der Waals surface area contributed by atoms with Crippen molar-refractivity contribution in [2.45, 2.75) is 12.8 Å². The summed E-state index contributed by atoms with van der Waals surface area (Å²) in [6.45, 7) is 0.940. The number of amides is 1. The van der Waals surface area contributed by atoms with Gasteiger partial charge in [-0.1, -0.05) is 59.2 Å². The molecule has 8 heteroatoms. The van der Waals surface area contributed by atoms with Gasteiger partial charge in [-0.2, -0.15) is 4.98 Å². The van der Waals surface area contributed by atoms with Gasteiger partial charge in [0.1, 0.15) is 0 Å². The minimum Gasteiger partial charge on any atom is -0.493 e. The van der Waals surface area contributed by atoms with E-state index >= 15 is 0 Å². The molecule has 0 saturated heterocycles. The molecule has 0 radical (unpaired) electrons. The number of ether oxygens (including phenoxy) is 2. The summed E-state index contributed by atoms with van der Waals surface area (Å²) in [5, 5.41) is 4.53. The zero-order valence-corrected chi connectivity index (χ0v) is 20.4. The number of hydrogen-bond acceptors (Lipinski definition) is 6. The largest absolute Gasteiger partial charge is 0.493 e. The van der Waals surface area contributed by atoms with Crippen molar-refractivity contribution in [1.29, 1.82) is 0 Å². The van der Waals surface area contributed by atoms with Gasteiger partial charge in [0.25, 0.3) is 5.91 Å². The van der Waals surface area contributed by atoms with E-state index in [9.17, 15) is 4.79 Å². The van der Waals surface area contributed by atoms with E-state index in [1.165, 1.54) is 0 Å². The molecule has 1 amide bonds. The van der Waals surface area contributed by atoms with Crippen molar-refractivity contribution in [2.75, 3.05) is 27.3 Å². The summed E-state index contributed by atoms with van der Waals surface area (Å²) >= 11 is 6.31. The van der Waals surface area contributed by atoms with E-state index in [4.69, 9.17) is 25.6 Å². The van der Waals surface area contributed by atoms with Gasteiger partial charge in [-0.15, -0.1) is 0 Å². The molecule has 1 aromatic heterocycles. The number of benzene rings is 3. The lowest BCUT2D eigenvalue weighted by Crippen LogP contribution is -2.35. The van der Waals surface area contributed by atoms with Crippen LogP contribution in [0.2, 0.25) is 5.02 Å². The second-order valence-corrected chi connectivity index (χ2v) is 8.25. The van der Waals surface area contributed by atoms with E-state index in [2.05, 4.69) is 10.1 Å². The van der Waals surface area contributed by atoms with Crippen LogP contribution in [-0.2, 0) is 12.8 Å². The minimum atomic E-state index is -0.133. The fraction of sp³-hybridized carbons (Fsp3) is 0.222. The first-order valence-corrected chi connectivity index (χ1v) is 11.6. The molecule has 0 bridgehead atoms. The molecule has 35 heavy (non-hydrogen) atoms. The van der Waals surface area contributed by atoms with E-state index in [0.29, 0.717) is 53.3 Å². The van der Waals surface area contributed by atoms with Crippen molar-refractivity contribution in [3.63, 3.8) is 0 Å². The molecule has 0 aliphatic carbocycles. The van der Waals surface area contributed by atoms with Gasteiger partial charge in [0.2, 0.25) is 11.7 Å². The highest BCUT2D eigenvalue weighted by molar-refractivity contribution is 6.33. The first-order valence-electron chi connectivity index (χ1n) is 11.2. The third-order valence-electron chi connectivity index (χ3n) is 5.61. The Morgan fingerprint density at radius 3 is 2.37 bits per heavy atom. The number of methoxy groups -OCH3 is 2. The van der Waals surface area contributed by atoms with Crippen LogP contribution >= 0.6 is 11.6 Å². The lowest BCUT2D eigenvalue weighted by molar-refractivity contribution is 0.0756. The molecule has 0 aliphatic rings. The maximum Gasteiger partial charge on any atom is 0.255 e. The summed E-state index contributed by atoms with van der Waals surface area (Å²) in [5.41, 5.74) is 2.36. The zero-order valence-electron chi connectivity index (χ0n) is 19.6. The van der Waals surface area contributed by atoms with Crippen LogP contribution in [0.15, 0.2) is 77.3 Å². The van der Waals surface area contributed by atoms with Gasteiger partial charge in [-0.25, -0.2) is 0 Å². The third-order valence-corrected chi connectivity index (χ3v) is 5.94. The quantitative estimate of drug-likeness (QED) is 0.298. The van der Waals surface area contributed by atoms with Crippen LogP contribution in [0, 0.1) is 0 Å². The SMILES string of the molecule is COc1ccc(-c2noc(CCN(CCc3ccccc3)C(=O)c3ccccc3Cl)n2)cc1OC. The lowest BCUT2D eigenvalue weighted by atomic mass is 10.1. The van der Waals surface area contributed by atoms with Crippen LogP contribution in [0.1, 0.15) is 21.8 Å². The van der Waals surface area contributed by atoms with Crippen molar-refractivity contribution >= 4 is 17.5 Å². The van der Waals surface area contributed by atoms with Crippen LogP contribution in [0.3, 0.4) is 0 Å². The Labute approximate surface area is 209 Å². The van der Waals surface area contributed by atoms with E-state index in [1.54, 1.807) is 43.4 Å². The molecule has 0 saturated carbocycles.